The minimum absolute atomic E-state index is 0.0245. The van der Waals surface area contributed by atoms with Gasteiger partial charge in [0.15, 0.2) is 5.16 Å². The maximum Gasteiger partial charge on any atom is 0.266 e. The number of hydrogen-bond acceptors (Lipinski definition) is 6. The number of allylic oxidation sites excluding steroid dienone is 1. The number of nitrogens with zero attached hydrogens (tertiary/aromatic N) is 3. The average Bonchev–Trinajstić information content (AvgIpc) is 3.31. The number of aromatic nitrogens is 2. The minimum atomic E-state index is -0.327. The Balaban J connectivity index is 1.52. The zero-order valence-electron chi connectivity index (χ0n) is 17.6. The Morgan fingerprint density at radius 3 is 2.73 bits per heavy atom. The Labute approximate surface area is 198 Å². The molecule has 0 unspecified atom stereocenters. The number of benzene rings is 2. The Kier molecular flexibility index (Phi) is 7.07. The molecule has 0 aliphatic heterocycles. The third-order valence-electron chi connectivity index (χ3n) is 4.53. The third kappa shape index (κ3) is 5.60. The number of fused-ring (bicyclic) bond motifs is 1. The molecular weight excluding hydrogens is 460 g/mol. The van der Waals surface area contributed by atoms with Crippen molar-refractivity contribution in [2.75, 3.05) is 5.75 Å². The van der Waals surface area contributed by atoms with E-state index in [0.717, 1.165) is 17.3 Å². The number of thioether (sulfide) groups is 1. The van der Waals surface area contributed by atoms with Crippen molar-refractivity contribution in [1.29, 1.82) is 0 Å². The second-order valence-electron chi connectivity index (χ2n) is 7.01. The molecule has 2 aromatic heterocycles. The molecule has 33 heavy (non-hydrogen) atoms. The van der Waals surface area contributed by atoms with E-state index >= 15 is 0 Å². The second kappa shape index (κ2) is 10.3. The molecule has 0 fully saturated rings. The number of amides is 1. The summed E-state index contributed by atoms with van der Waals surface area (Å²) in [6.07, 6.45) is 4.91. The van der Waals surface area contributed by atoms with Gasteiger partial charge in [-0.15, -0.1) is 0 Å². The van der Waals surface area contributed by atoms with Gasteiger partial charge in [-0.25, -0.2) is 10.4 Å². The maximum absolute atomic E-state index is 13.2. The fourth-order valence-electron chi connectivity index (χ4n) is 3.03. The van der Waals surface area contributed by atoms with Gasteiger partial charge in [-0.3, -0.25) is 14.2 Å². The summed E-state index contributed by atoms with van der Waals surface area (Å²) >= 11 is 7.15. The Bertz CT molecular complexity index is 1390. The molecule has 166 valence electrons. The van der Waals surface area contributed by atoms with Gasteiger partial charge in [0.1, 0.15) is 5.76 Å². The zero-order valence-corrected chi connectivity index (χ0v) is 19.1. The number of furan rings is 1. The average molecular weight is 479 g/mol. The van der Waals surface area contributed by atoms with Crippen molar-refractivity contribution in [1.82, 2.24) is 15.0 Å². The Morgan fingerprint density at radius 2 is 1.97 bits per heavy atom. The molecule has 2 heterocycles. The summed E-state index contributed by atoms with van der Waals surface area (Å²) in [6.45, 7) is 1.84. The van der Waals surface area contributed by atoms with Crippen LogP contribution in [-0.4, -0.2) is 27.4 Å². The molecule has 0 saturated heterocycles. The van der Waals surface area contributed by atoms with Crippen LogP contribution in [0.25, 0.3) is 22.7 Å². The lowest BCUT2D eigenvalue weighted by atomic mass is 10.2. The smallest absolute Gasteiger partial charge is 0.266 e. The van der Waals surface area contributed by atoms with E-state index in [-0.39, 0.29) is 17.2 Å². The van der Waals surface area contributed by atoms with Crippen molar-refractivity contribution in [3.63, 3.8) is 0 Å². The number of rotatable bonds is 7. The Morgan fingerprint density at radius 1 is 1.18 bits per heavy atom. The molecule has 0 saturated carbocycles. The molecule has 4 aromatic rings. The highest BCUT2D eigenvalue weighted by Gasteiger charge is 2.14. The van der Waals surface area contributed by atoms with E-state index in [4.69, 9.17) is 16.0 Å². The summed E-state index contributed by atoms with van der Waals surface area (Å²) in [5.74, 6) is 0.395. The number of hydrazone groups is 1. The summed E-state index contributed by atoms with van der Waals surface area (Å²) in [6, 6.07) is 17.6. The predicted molar refractivity (Wildman–Crippen MR) is 132 cm³/mol. The van der Waals surface area contributed by atoms with E-state index < -0.39 is 0 Å². The topological polar surface area (TPSA) is 89.5 Å². The minimum Gasteiger partial charge on any atom is -0.465 e. The first kappa shape index (κ1) is 22.6. The van der Waals surface area contributed by atoms with E-state index in [1.807, 2.05) is 19.1 Å². The van der Waals surface area contributed by atoms with Crippen molar-refractivity contribution >= 4 is 52.5 Å². The number of para-hydroxylation sites is 1. The van der Waals surface area contributed by atoms with Crippen LogP contribution in [0.5, 0.6) is 0 Å². The summed E-state index contributed by atoms with van der Waals surface area (Å²) in [7, 11) is 0. The maximum atomic E-state index is 13.2. The lowest BCUT2D eigenvalue weighted by molar-refractivity contribution is -0.118. The molecular formula is C24H19ClN4O3S. The zero-order chi connectivity index (χ0) is 23.2. The van der Waals surface area contributed by atoms with E-state index in [2.05, 4.69) is 15.5 Å². The van der Waals surface area contributed by atoms with Crippen molar-refractivity contribution in [2.24, 2.45) is 5.10 Å². The fourth-order valence-corrected chi connectivity index (χ4v) is 3.96. The van der Waals surface area contributed by atoms with Crippen LogP contribution >= 0.6 is 23.4 Å². The molecule has 0 atom stereocenters. The quantitative estimate of drug-likeness (QED) is 0.176. The van der Waals surface area contributed by atoms with Gasteiger partial charge < -0.3 is 4.42 Å². The summed E-state index contributed by atoms with van der Waals surface area (Å²) in [4.78, 5) is 30.1. The van der Waals surface area contributed by atoms with Crippen molar-refractivity contribution in [3.8, 4) is 5.69 Å². The predicted octanol–water partition coefficient (Wildman–Crippen LogP) is 4.93. The molecule has 0 radical (unpaired) electrons. The van der Waals surface area contributed by atoms with Gasteiger partial charge in [0.05, 0.1) is 34.8 Å². The largest absolute Gasteiger partial charge is 0.465 e. The van der Waals surface area contributed by atoms with Gasteiger partial charge in [0.2, 0.25) is 0 Å². The number of carbonyl (C=O) groups excluding carboxylic acids is 1. The molecule has 0 aliphatic carbocycles. The molecule has 1 N–H and O–H groups in total. The summed E-state index contributed by atoms with van der Waals surface area (Å²) in [5, 5.41) is 5.42. The molecule has 4 rings (SSSR count). The molecule has 1 amide bonds. The van der Waals surface area contributed by atoms with Crippen LogP contribution in [0, 0.1) is 0 Å². The molecule has 0 bridgehead atoms. The number of hydrogen-bond donors (Lipinski definition) is 1. The molecule has 0 spiro atoms. The standard InChI is InChI=1S/C24H19ClN4O3S/c1-16(13-19-5-4-12-32-19)14-26-28-22(30)15-33-24-27-21-7-3-2-6-20(21)23(31)29(24)18-10-8-17(25)9-11-18/h2-14H,15H2,1H3,(H,28,30)/b16-13-,26-14-. The van der Waals surface area contributed by atoms with Crippen LogP contribution in [0.1, 0.15) is 12.7 Å². The van der Waals surface area contributed by atoms with Gasteiger partial charge >= 0.3 is 0 Å². The van der Waals surface area contributed by atoms with Gasteiger partial charge in [-0.05, 0) is 67.1 Å². The van der Waals surface area contributed by atoms with Crippen molar-refractivity contribution < 1.29 is 9.21 Å². The van der Waals surface area contributed by atoms with Crippen LogP contribution in [-0.2, 0) is 4.79 Å². The van der Waals surface area contributed by atoms with Gasteiger partial charge in [-0.1, -0.05) is 35.5 Å². The Hall–Kier alpha value is -3.62. The van der Waals surface area contributed by atoms with Crippen LogP contribution in [0.3, 0.4) is 0 Å². The summed E-state index contributed by atoms with van der Waals surface area (Å²) < 4.78 is 6.72. The monoisotopic (exact) mass is 478 g/mol. The van der Waals surface area contributed by atoms with Crippen molar-refractivity contribution in [2.45, 2.75) is 12.1 Å². The van der Waals surface area contributed by atoms with E-state index in [0.29, 0.717) is 32.5 Å². The van der Waals surface area contributed by atoms with Crippen LogP contribution in [0.4, 0.5) is 0 Å². The summed E-state index contributed by atoms with van der Waals surface area (Å²) in [5.41, 5.74) is 4.25. The van der Waals surface area contributed by atoms with Gasteiger partial charge in [-0.2, -0.15) is 5.10 Å². The third-order valence-corrected chi connectivity index (χ3v) is 5.72. The molecule has 2 aromatic carbocycles. The number of carbonyl (C=O) groups is 1. The SMILES string of the molecule is CC(/C=N\NC(=O)CSc1nc2ccccc2c(=O)n1-c1ccc(Cl)cc1)=C/c1ccco1. The number of halogens is 1. The number of nitrogens with one attached hydrogen (secondary N) is 1. The first-order valence-electron chi connectivity index (χ1n) is 9.95. The van der Waals surface area contributed by atoms with Crippen LogP contribution < -0.4 is 11.0 Å². The fraction of sp³-hybridized carbons (Fsp3) is 0.0833. The molecule has 7 nitrogen and oxygen atoms in total. The molecule has 9 heteroatoms. The van der Waals surface area contributed by atoms with Crippen molar-refractivity contribution in [3.05, 3.63) is 93.6 Å². The highest BCUT2D eigenvalue weighted by Crippen LogP contribution is 2.22. The van der Waals surface area contributed by atoms with E-state index in [1.165, 1.54) is 10.8 Å². The lowest BCUT2D eigenvalue weighted by Crippen LogP contribution is -2.24. The highest BCUT2D eigenvalue weighted by molar-refractivity contribution is 7.99. The van der Waals surface area contributed by atoms with Gasteiger partial charge in [0.25, 0.3) is 11.5 Å². The van der Waals surface area contributed by atoms with Crippen LogP contribution in [0.2, 0.25) is 5.02 Å². The van der Waals surface area contributed by atoms with Gasteiger partial charge in [0, 0.05) is 5.02 Å². The highest BCUT2D eigenvalue weighted by atomic mass is 35.5. The normalized spacial score (nSPS) is 11.9. The second-order valence-corrected chi connectivity index (χ2v) is 8.39. The lowest BCUT2D eigenvalue weighted by Gasteiger charge is -2.13. The molecule has 0 aliphatic rings. The van der Waals surface area contributed by atoms with E-state index in [1.54, 1.807) is 60.9 Å². The first-order chi connectivity index (χ1) is 16.0. The van der Waals surface area contributed by atoms with Crippen LogP contribution in [0.15, 0.2) is 92.0 Å². The van der Waals surface area contributed by atoms with E-state index in [9.17, 15) is 9.59 Å². The first-order valence-corrected chi connectivity index (χ1v) is 11.3.